The number of rotatable bonds is 5. The molecule has 1 heterocycles. The lowest BCUT2D eigenvalue weighted by molar-refractivity contribution is -0.137. The molecule has 2 rings (SSSR count). The Morgan fingerprint density at radius 3 is 2.74 bits per heavy atom. The first kappa shape index (κ1) is 13.5. The number of hydrogen-bond acceptors (Lipinski definition) is 2. The number of aryl methyl sites for hydroxylation is 3. The molecule has 0 unspecified atom stereocenters. The minimum Gasteiger partial charge on any atom is -0.495 e. The molecule has 0 amide bonds. The van der Waals surface area contributed by atoms with E-state index in [0.29, 0.717) is 6.42 Å². The Bertz CT molecular complexity index is 613. The highest BCUT2D eigenvalue weighted by Gasteiger charge is 2.14. The van der Waals surface area contributed by atoms with Gasteiger partial charge in [0.25, 0.3) is 0 Å². The van der Waals surface area contributed by atoms with Crippen LogP contribution in [0.25, 0.3) is 10.9 Å². The van der Waals surface area contributed by atoms with E-state index >= 15 is 0 Å². The van der Waals surface area contributed by atoms with Crippen molar-refractivity contribution in [1.29, 1.82) is 0 Å². The zero-order valence-electron chi connectivity index (χ0n) is 11.5. The minimum absolute atomic E-state index is 0.204. The maximum absolute atomic E-state index is 10.6. The molecule has 0 bridgehead atoms. The van der Waals surface area contributed by atoms with Crippen LogP contribution in [0.5, 0.6) is 5.75 Å². The second kappa shape index (κ2) is 5.34. The van der Waals surface area contributed by atoms with Gasteiger partial charge in [-0.15, -0.1) is 0 Å². The third-order valence-electron chi connectivity index (χ3n) is 3.48. The van der Waals surface area contributed by atoms with Crippen LogP contribution in [-0.4, -0.2) is 23.2 Å². The average molecular weight is 261 g/mol. The van der Waals surface area contributed by atoms with Gasteiger partial charge in [-0.3, -0.25) is 4.79 Å². The van der Waals surface area contributed by atoms with Crippen molar-refractivity contribution in [2.45, 2.75) is 33.1 Å². The molecule has 0 aliphatic rings. The number of carboxylic acids is 1. The van der Waals surface area contributed by atoms with Crippen molar-refractivity contribution in [2.75, 3.05) is 7.11 Å². The Hall–Kier alpha value is -1.97. The first-order valence-electron chi connectivity index (χ1n) is 6.41. The summed E-state index contributed by atoms with van der Waals surface area (Å²) in [7, 11) is 1.66. The molecule has 2 aromatic rings. The summed E-state index contributed by atoms with van der Waals surface area (Å²) in [6.07, 6.45) is 1.63. The Kier molecular flexibility index (Phi) is 3.79. The fourth-order valence-corrected chi connectivity index (χ4v) is 2.55. The van der Waals surface area contributed by atoms with Crippen LogP contribution in [0.3, 0.4) is 0 Å². The van der Waals surface area contributed by atoms with Crippen molar-refractivity contribution >= 4 is 16.9 Å². The van der Waals surface area contributed by atoms with E-state index in [1.54, 1.807) is 7.11 Å². The first-order chi connectivity index (χ1) is 9.04. The molecule has 2 N–H and O–H groups in total. The molecule has 0 saturated carbocycles. The Labute approximate surface area is 112 Å². The molecule has 0 atom stereocenters. The van der Waals surface area contributed by atoms with Gasteiger partial charge < -0.3 is 14.8 Å². The quantitative estimate of drug-likeness (QED) is 0.868. The molecule has 0 aliphatic heterocycles. The summed E-state index contributed by atoms with van der Waals surface area (Å²) in [6, 6.07) is 3.99. The lowest BCUT2D eigenvalue weighted by Crippen LogP contribution is -1.96. The van der Waals surface area contributed by atoms with E-state index in [1.165, 1.54) is 16.5 Å². The van der Waals surface area contributed by atoms with Crippen molar-refractivity contribution in [3.63, 3.8) is 0 Å². The van der Waals surface area contributed by atoms with Crippen molar-refractivity contribution in [3.05, 3.63) is 29.0 Å². The van der Waals surface area contributed by atoms with Gasteiger partial charge in [0, 0.05) is 17.5 Å². The molecule has 4 nitrogen and oxygen atoms in total. The van der Waals surface area contributed by atoms with Gasteiger partial charge in [-0.25, -0.2) is 0 Å². The Balaban J connectivity index is 2.43. The van der Waals surface area contributed by atoms with Crippen LogP contribution < -0.4 is 4.74 Å². The van der Waals surface area contributed by atoms with Gasteiger partial charge in [-0.05, 0) is 43.9 Å². The van der Waals surface area contributed by atoms with Crippen molar-refractivity contribution in [2.24, 2.45) is 0 Å². The van der Waals surface area contributed by atoms with E-state index in [0.717, 1.165) is 23.4 Å². The minimum atomic E-state index is -0.744. The molecule has 19 heavy (non-hydrogen) atoms. The highest BCUT2D eigenvalue weighted by atomic mass is 16.5. The second-order valence-corrected chi connectivity index (χ2v) is 4.81. The molecule has 0 spiro atoms. The average Bonchev–Trinajstić information content (AvgIpc) is 2.68. The van der Waals surface area contributed by atoms with Crippen LogP contribution >= 0.6 is 0 Å². The van der Waals surface area contributed by atoms with E-state index in [2.05, 4.69) is 11.9 Å². The monoisotopic (exact) mass is 261 g/mol. The van der Waals surface area contributed by atoms with E-state index in [1.807, 2.05) is 19.1 Å². The summed E-state index contributed by atoms with van der Waals surface area (Å²) in [5, 5.41) is 9.90. The summed E-state index contributed by atoms with van der Waals surface area (Å²) in [6.45, 7) is 4.09. The number of aliphatic carboxylic acids is 1. The number of hydrogen-bond donors (Lipinski definition) is 2. The molecule has 0 aliphatic carbocycles. The zero-order chi connectivity index (χ0) is 14.0. The Morgan fingerprint density at radius 1 is 1.37 bits per heavy atom. The molecule has 0 radical (unpaired) electrons. The number of fused-ring (bicyclic) bond motifs is 1. The number of benzene rings is 1. The van der Waals surface area contributed by atoms with Crippen molar-refractivity contribution in [3.8, 4) is 5.75 Å². The molecule has 0 saturated heterocycles. The van der Waals surface area contributed by atoms with Gasteiger partial charge in [-0.1, -0.05) is 6.07 Å². The molecule has 1 aromatic heterocycles. The number of carbonyl (C=O) groups is 1. The maximum atomic E-state index is 10.6. The van der Waals surface area contributed by atoms with Crippen LogP contribution in [0.2, 0.25) is 0 Å². The second-order valence-electron chi connectivity index (χ2n) is 4.81. The lowest BCUT2D eigenvalue weighted by Gasteiger charge is -2.06. The summed E-state index contributed by atoms with van der Waals surface area (Å²) in [5.41, 5.74) is 4.48. The molecule has 1 aromatic carbocycles. The van der Waals surface area contributed by atoms with E-state index in [-0.39, 0.29) is 6.42 Å². The largest absolute Gasteiger partial charge is 0.495 e. The van der Waals surface area contributed by atoms with Crippen LogP contribution in [0.1, 0.15) is 29.7 Å². The summed E-state index contributed by atoms with van der Waals surface area (Å²) in [5.74, 6) is 0.0833. The van der Waals surface area contributed by atoms with Crippen LogP contribution in [0, 0.1) is 13.8 Å². The smallest absolute Gasteiger partial charge is 0.303 e. The molecule has 4 heteroatoms. The molecular weight excluding hydrogens is 242 g/mol. The molecule has 102 valence electrons. The zero-order valence-corrected chi connectivity index (χ0v) is 11.5. The number of methoxy groups -OCH3 is 1. The molecule has 0 fully saturated rings. The lowest BCUT2D eigenvalue weighted by atomic mass is 10.0. The van der Waals surface area contributed by atoms with E-state index in [4.69, 9.17) is 9.84 Å². The number of ether oxygens (including phenoxy) is 1. The number of aromatic nitrogens is 1. The van der Waals surface area contributed by atoms with Crippen molar-refractivity contribution in [1.82, 2.24) is 4.98 Å². The number of H-pyrrole nitrogens is 1. The number of nitrogens with one attached hydrogen (secondary N) is 1. The van der Waals surface area contributed by atoms with Crippen LogP contribution in [-0.2, 0) is 11.2 Å². The highest BCUT2D eigenvalue weighted by Crippen LogP contribution is 2.33. The summed E-state index contributed by atoms with van der Waals surface area (Å²) >= 11 is 0. The van der Waals surface area contributed by atoms with E-state index in [9.17, 15) is 4.79 Å². The van der Waals surface area contributed by atoms with Gasteiger partial charge in [0.05, 0.1) is 12.6 Å². The topological polar surface area (TPSA) is 62.3 Å². The van der Waals surface area contributed by atoms with E-state index < -0.39 is 5.97 Å². The number of carboxylic acid groups (broad SMARTS) is 1. The highest BCUT2D eigenvalue weighted by molar-refractivity contribution is 5.92. The SMILES string of the molecule is COc1ccc(C)c2c(CCCC(=O)O)c(C)[nH]c12. The Morgan fingerprint density at radius 2 is 2.11 bits per heavy atom. The van der Waals surface area contributed by atoms with Crippen LogP contribution in [0.4, 0.5) is 0 Å². The predicted octanol–water partition coefficient (Wildman–Crippen LogP) is 3.20. The predicted molar refractivity (Wildman–Crippen MR) is 74.9 cm³/mol. The van der Waals surface area contributed by atoms with Crippen LogP contribution in [0.15, 0.2) is 12.1 Å². The fourth-order valence-electron chi connectivity index (χ4n) is 2.55. The summed E-state index contributed by atoms with van der Waals surface area (Å²) < 4.78 is 5.37. The fraction of sp³-hybridized carbons (Fsp3) is 0.400. The third-order valence-corrected chi connectivity index (χ3v) is 3.48. The van der Waals surface area contributed by atoms with Gasteiger partial charge >= 0.3 is 5.97 Å². The van der Waals surface area contributed by atoms with Gasteiger partial charge in [-0.2, -0.15) is 0 Å². The summed E-state index contributed by atoms with van der Waals surface area (Å²) in [4.78, 5) is 14.0. The van der Waals surface area contributed by atoms with Gasteiger partial charge in [0.2, 0.25) is 0 Å². The third kappa shape index (κ3) is 2.57. The standard InChI is InChI=1S/C15H19NO3/c1-9-7-8-12(19-3)15-14(9)11(10(2)16-15)5-4-6-13(17)18/h7-8,16H,4-6H2,1-3H3,(H,17,18). The molecular formula is C15H19NO3. The first-order valence-corrected chi connectivity index (χ1v) is 6.41. The van der Waals surface area contributed by atoms with Crippen molar-refractivity contribution < 1.29 is 14.6 Å². The van der Waals surface area contributed by atoms with Gasteiger partial charge in [0.1, 0.15) is 5.75 Å². The number of aromatic amines is 1. The normalized spacial score (nSPS) is 10.9. The van der Waals surface area contributed by atoms with Gasteiger partial charge in [0.15, 0.2) is 0 Å². The maximum Gasteiger partial charge on any atom is 0.303 e.